The van der Waals surface area contributed by atoms with Gasteiger partial charge in [0.2, 0.25) is 5.91 Å². The number of amides is 1. The van der Waals surface area contributed by atoms with Gasteiger partial charge >= 0.3 is 0 Å². The Kier molecular flexibility index (Phi) is 10.6. The number of rotatable bonds is 7. The van der Waals surface area contributed by atoms with E-state index in [4.69, 9.17) is 11.6 Å². The van der Waals surface area contributed by atoms with E-state index in [1.54, 1.807) is 24.5 Å². The minimum Gasteiger partial charge on any atom is -0.356 e. The van der Waals surface area contributed by atoms with Gasteiger partial charge in [0.1, 0.15) is 0 Å². The number of hydrogen-bond acceptors (Lipinski definition) is 4. The molecule has 0 bridgehead atoms. The summed E-state index contributed by atoms with van der Waals surface area (Å²) in [5, 5.41) is 13.0. The van der Waals surface area contributed by atoms with Crippen LogP contribution in [0.2, 0.25) is 5.02 Å². The van der Waals surface area contributed by atoms with E-state index < -0.39 is 0 Å². The maximum absolute atomic E-state index is 12.1. The highest BCUT2D eigenvalue weighted by atomic mass is 127. The predicted octanol–water partition coefficient (Wildman–Crippen LogP) is 3.77. The Bertz CT molecular complexity index is 781. The Morgan fingerprint density at radius 2 is 2.00 bits per heavy atom. The van der Waals surface area contributed by atoms with Crippen molar-refractivity contribution >= 4 is 64.5 Å². The predicted molar refractivity (Wildman–Crippen MR) is 125 cm³/mol. The molecule has 1 aromatic heterocycles. The molecular formula is C18H25ClIN5OS. The molecule has 1 amide bonds. The molecule has 3 N–H and O–H groups in total. The Hall–Kier alpha value is -1.39. The Morgan fingerprint density at radius 3 is 2.67 bits per heavy atom. The average molecular weight is 522 g/mol. The van der Waals surface area contributed by atoms with Gasteiger partial charge in [-0.25, -0.2) is 4.98 Å². The summed E-state index contributed by atoms with van der Waals surface area (Å²) in [5.74, 6) is 0.597. The summed E-state index contributed by atoms with van der Waals surface area (Å²) in [4.78, 5) is 20.7. The SMILES string of the molecule is CN=C(NCCC(=O)Nc1cccc(Cl)c1C)NCCc1csc(C)n1.I. The number of hydrogen-bond donors (Lipinski definition) is 3. The molecule has 0 aliphatic rings. The van der Waals surface area contributed by atoms with Crippen molar-refractivity contribution in [1.29, 1.82) is 0 Å². The third-order valence-electron chi connectivity index (χ3n) is 3.75. The number of thiazole rings is 1. The van der Waals surface area contributed by atoms with Crippen LogP contribution in [0.25, 0.3) is 0 Å². The smallest absolute Gasteiger partial charge is 0.226 e. The Morgan fingerprint density at radius 1 is 1.26 bits per heavy atom. The summed E-state index contributed by atoms with van der Waals surface area (Å²) < 4.78 is 0. The molecule has 0 radical (unpaired) electrons. The second-order valence-electron chi connectivity index (χ2n) is 5.74. The standard InChI is InChI=1S/C18H24ClN5OS.HI/c1-12-15(19)5-4-6-16(12)24-17(25)8-10-22-18(20-3)21-9-7-14-11-26-13(2)23-14;/h4-6,11H,7-10H2,1-3H3,(H,24,25)(H2,20,21,22);1H. The zero-order chi connectivity index (χ0) is 18.9. The minimum atomic E-state index is -0.0729. The van der Waals surface area contributed by atoms with E-state index >= 15 is 0 Å². The topological polar surface area (TPSA) is 78.4 Å². The molecule has 0 saturated carbocycles. The quantitative estimate of drug-likeness (QED) is 0.294. The molecule has 0 aliphatic carbocycles. The van der Waals surface area contributed by atoms with Gasteiger partial charge in [0.15, 0.2) is 5.96 Å². The highest BCUT2D eigenvalue weighted by Gasteiger charge is 2.07. The second kappa shape index (κ2) is 12.1. The van der Waals surface area contributed by atoms with Crippen molar-refractivity contribution in [2.75, 3.05) is 25.5 Å². The van der Waals surface area contributed by atoms with Crippen LogP contribution in [0.1, 0.15) is 22.7 Å². The summed E-state index contributed by atoms with van der Waals surface area (Å²) in [7, 11) is 1.71. The second-order valence-corrected chi connectivity index (χ2v) is 7.21. The molecule has 148 valence electrons. The van der Waals surface area contributed by atoms with Crippen molar-refractivity contribution in [2.45, 2.75) is 26.7 Å². The molecule has 9 heteroatoms. The van der Waals surface area contributed by atoms with Gasteiger partial charge in [0, 0.05) is 49.1 Å². The fourth-order valence-electron chi connectivity index (χ4n) is 2.30. The first-order valence-electron chi connectivity index (χ1n) is 8.40. The molecule has 0 unspecified atom stereocenters. The van der Waals surface area contributed by atoms with E-state index in [-0.39, 0.29) is 29.9 Å². The lowest BCUT2D eigenvalue weighted by molar-refractivity contribution is -0.116. The van der Waals surface area contributed by atoms with Gasteiger partial charge in [0.25, 0.3) is 0 Å². The van der Waals surface area contributed by atoms with Gasteiger partial charge in [-0.2, -0.15) is 0 Å². The molecule has 0 spiro atoms. The van der Waals surface area contributed by atoms with Crippen LogP contribution in [-0.4, -0.2) is 37.0 Å². The van der Waals surface area contributed by atoms with E-state index in [0.29, 0.717) is 23.9 Å². The van der Waals surface area contributed by atoms with Crippen molar-refractivity contribution in [3.63, 3.8) is 0 Å². The summed E-state index contributed by atoms with van der Waals surface area (Å²) in [6, 6.07) is 5.46. The van der Waals surface area contributed by atoms with Crippen molar-refractivity contribution in [3.05, 3.63) is 44.9 Å². The number of carbonyl (C=O) groups is 1. The highest BCUT2D eigenvalue weighted by molar-refractivity contribution is 14.0. The van der Waals surface area contributed by atoms with E-state index in [0.717, 1.165) is 34.9 Å². The number of benzene rings is 1. The van der Waals surface area contributed by atoms with Crippen LogP contribution in [0.5, 0.6) is 0 Å². The fraction of sp³-hybridized carbons (Fsp3) is 0.389. The first-order chi connectivity index (χ1) is 12.5. The Balaban J connectivity index is 0.00000364. The van der Waals surface area contributed by atoms with Crippen molar-refractivity contribution in [1.82, 2.24) is 15.6 Å². The normalized spacial score (nSPS) is 10.9. The number of halogens is 2. The van der Waals surface area contributed by atoms with E-state index in [9.17, 15) is 4.79 Å². The minimum absolute atomic E-state index is 0. The third-order valence-corrected chi connectivity index (χ3v) is 4.98. The van der Waals surface area contributed by atoms with Crippen LogP contribution in [0.4, 0.5) is 5.69 Å². The van der Waals surface area contributed by atoms with E-state index in [1.165, 1.54) is 0 Å². The first kappa shape index (κ1) is 23.6. The molecule has 0 fully saturated rings. The van der Waals surface area contributed by atoms with Gasteiger partial charge in [-0.05, 0) is 31.5 Å². The van der Waals surface area contributed by atoms with E-state index in [1.807, 2.05) is 26.0 Å². The summed E-state index contributed by atoms with van der Waals surface area (Å²) in [5.41, 5.74) is 2.68. The van der Waals surface area contributed by atoms with Crippen LogP contribution in [0.15, 0.2) is 28.6 Å². The molecule has 1 aromatic carbocycles. The van der Waals surface area contributed by atoms with Gasteiger partial charge in [-0.1, -0.05) is 17.7 Å². The summed E-state index contributed by atoms with van der Waals surface area (Å²) in [6.45, 7) is 5.10. The van der Waals surface area contributed by atoms with Crippen LogP contribution in [-0.2, 0) is 11.2 Å². The molecule has 0 atom stereocenters. The van der Waals surface area contributed by atoms with Crippen LogP contribution in [0, 0.1) is 13.8 Å². The Labute approximate surface area is 186 Å². The van der Waals surface area contributed by atoms with Gasteiger partial charge < -0.3 is 16.0 Å². The molecule has 2 rings (SSSR count). The van der Waals surface area contributed by atoms with Crippen molar-refractivity contribution in [3.8, 4) is 0 Å². The maximum atomic E-state index is 12.1. The molecule has 0 aliphatic heterocycles. The monoisotopic (exact) mass is 521 g/mol. The van der Waals surface area contributed by atoms with Crippen LogP contribution < -0.4 is 16.0 Å². The number of anilines is 1. The number of aromatic nitrogens is 1. The molecule has 27 heavy (non-hydrogen) atoms. The zero-order valence-corrected chi connectivity index (χ0v) is 19.5. The third kappa shape index (κ3) is 8.02. The molecular weight excluding hydrogens is 497 g/mol. The number of guanidine groups is 1. The van der Waals surface area contributed by atoms with Crippen LogP contribution >= 0.6 is 46.9 Å². The lowest BCUT2D eigenvalue weighted by Gasteiger charge is -2.12. The van der Waals surface area contributed by atoms with Crippen molar-refractivity contribution in [2.24, 2.45) is 4.99 Å². The largest absolute Gasteiger partial charge is 0.356 e. The summed E-state index contributed by atoms with van der Waals surface area (Å²) >= 11 is 7.72. The number of nitrogens with zero attached hydrogens (tertiary/aromatic N) is 2. The average Bonchev–Trinajstić information content (AvgIpc) is 3.03. The summed E-state index contributed by atoms with van der Waals surface area (Å²) in [6.07, 6.45) is 1.16. The van der Waals surface area contributed by atoms with E-state index in [2.05, 4.69) is 31.3 Å². The molecule has 6 nitrogen and oxygen atoms in total. The fourth-order valence-corrected chi connectivity index (χ4v) is 3.12. The van der Waals surface area contributed by atoms with Crippen LogP contribution in [0.3, 0.4) is 0 Å². The number of aryl methyl sites for hydroxylation is 1. The lowest BCUT2D eigenvalue weighted by Crippen LogP contribution is -2.39. The molecule has 1 heterocycles. The zero-order valence-electron chi connectivity index (χ0n) is 15.6. The van der Waals surface area contributed by atoms with Crippen molar-refractivity contribution < 1.29 is 4.79 Å². The van der Waals surface area contributed by atoms with Gasteiger partial charge in [-0.15, -0.1) is 35.3 Å². The number of aliphatic imine (C=N–C) groups is 1. The lowest BCUT2D eigenvalue weighted by atomic mass is 10.2. The molecule has 0 saturated heterocycles. The molecule has 2 aromatic rings. The number of nitrogens with one attached hydrogen (secondary N) is 3. The number of carbonyl (C=O) groups excluding carboxylic acids is 1. The van der Waals surface area contributed by atoms with Gasteiger partial charge in [-0.3, -0.25) is 9.79 Å². The maximum Gasteiger partial charge on any atom is 0.226 e. The highest BCUT2D eigenvalue weighted by Crippen LogP contribution is 2.22. The first-order valence-corrected chi connectivity index (χ1v) is 9.66. The van der Waals surface area contributed by atoms with Gasteiger partial charge in [0.05, 0.1) is 10.7 Å².